The number of hydrogen-bond donors (Lipinski definition) is 1. The van der Waals surface area contributed by atoms with Crippen LogP contribution in [0.25, 0.3) is 10.9 Å². The molecule has 2 aromatic carbocycles. The van der Waals surface area contributed by atoms with E-state index in [9.17, 15) is 4.79 Å². The number of fused-ring (bicyclic) bond motifs is 1. The largest absolute Gasteiger partial charge is 0.360 e. The summed E-state index contributed by atoms with van der Waals surface area (Å²) in [5.41, 5.74) is 2.38. The maximum atomic E-state index is 12.6. The number of amides is 1. The summed E-state index contributed by atoms with van der Waals surface area (Å²) in [7, 11) is 1.76. The molecule has 3 rings (SSSR count). The summed E-state index contributed by atoms with van der Waals surface area (Å²) in [4.78, 5) is 17.3. The van der Waals surface area contributed by atoms with Gasteiger partial charge in [-0.2, -0.15) is 0 Å². The van der Waals surface area contributed by atoms with Gasteiger partial charge in [-0.05, 0) is 30.3 Å². The fraction of sp³-hybridized carbons (Fsp3) is 0.0625. The molecule has 0 spiro atoms. The van der Waals surface area contributed by atoms with Crippen molar-refractivity contribution in [1.82, 2.24) is 4.98 Å². The minimum Gasteiger partial charge on any atom is -0.360 e. The third-order valence-corrected chi connectivity index (χ3v) is 3.56. The van der Waals surface area contributed by atoms with Crippen LogP contribution < -0.4 is 4.90 Å². The van der Waals surface area contributed by atoms with Crippen molar-refractivity contribution >= 4 is 34.1 Å². The summed E-state index contributed by atoms with van der Waals surface area (Å²) in [6.07, 6.45) is 1.72. The molecule has 0 unspecified atom stereocenters. The van der Waals surface area contributed by atoms with E-state index in [0.29, 0.717) is 10.6 Å². The van der Waals surface area contributed by atoms with Crippen LogP contribution in [-0.4, -0.2) is 17.9 Å². The molecule has 1 heterocycles. The van der Waals surface area contributed by atoms with Gasteiger partial charge in [0.05, 0.1) is 5.56 Å². The molecule has 1 aromatic heterocycles. The van der Waals surface area contributed by atoms with Crippen LogP contribution in [0.3, 0.4) is 0 Å². The lowest BCUT2D eigenvalue weighted by Gasteiger charge is -2.16. The zero-order valence-electron chi connectivity index (χ0n) is 10.9. The molecule has 1 amide bonds. The van der Waals surface area contributed by atoms with E-state index in [1.807, 2.05) is 36.4 Å². The lowest BCUT2D eigenvalue weighted by Crippen LogP contribution is -2.25. The number of para-hydroxylation sites is 1. The van der Waals surface area contributed by atoms with Gasteiger partial charge in [-0.1, -0.05) is 29.8 Å². The molecule has 0 aliphatic rings. The zero-order chi connectivity index (χ0) is 14.1. The van der Waals surface area contributed by atoms with Crippen LogP contribution in [0.4, 0.5) is 5.69 Å². The van der Waals surface area contributed by atoms with Crippen molar-refractivity contribution in [3.8, 4) is 0 Å². The second-order valence-electron chi connectivity index (χ2n) is 4.59. The Kier molecular flexibility index (Phi) is 3.20. The first-order valence-electron chi connectivity index (χ1n) is 6.26. The highest BCUT2D eigenvalue weighted by Gasteiger charge is 2.17. The summed E-state index contributed by atoms with van der Waals surface area (Å²) in [5.74, 6) is -0.0651. The van der Waals surface area contributed by atoms with Gasteiger partial charge in [-0.15, -0.1) is 0 Å². The lowest BCUT2D eigenvalue weighted by molar-refractivity contribution is 0.0994. The molecule has 4 heteroatoms. The minimum atomic E-state index is -0.0651. The standard InChI is InChI=1S/C16H13ClN2O/c1-19(12-5-3-2-4-6-12)16(20)14-10-18-15-8-7-11(17)9-13(14)15/h2-10,18H,1H3. The number of nitrogens with zero attached hydrogens (tertiary/aromatic N) is 1. The molecule has 1 N–H and O–H groups in total. The number of aromatic nitrogens is 1. The van der Waals surface area contributed by atoms with Crippen molar-refractivity contribution in [3.63, 3.8) is 0 Å². The molecule has 100 valence electrons. The van der Waals surface area contributed by atoms with Crippen LogP contribution in [0.15, 0.2) is 54.7 Å². The molecule has 0 fully saturated rings. The number of aromatic amines is 1. The molecule has 0 aliphatic carbocycles. The summed E-state index contributed by atoms with van der Waals surface area (Å²) in [5, 5.41) is 1.46. The van der Waals surface area contributed by atoms with E-state index < -0.39 is 0 Å². The molecular weight excluding hydrogens is 272 g/mol. The van der Waals surface area contributed by atoms with Gasteiger partial charge >= 0.3 is 0 Å². The van der Waals surface area contributed by atoms with Crippen LogP contribution in [0.2, 0.25) is 5.02 Å². The predicted molar refractivity (Wildman–Crippen MR) is 82.5 cm³/mol. The van der Waals surface area contributed by atoms with Crippen molar-refractivity contribution in [2.75, 3.05) is 11.9 Å². The summed E-state index contributed by atoms with van der Waals surface area (Å²) < 4.78 is 0. The molecule has 0 radical (unpaired) electrons. The average Bonchev–Trinajstić information content (AvgIpc) is 2.89. The van der Waals surface area contributed by atoms with E-state index in [1.165, 1.54) is 0 Å². The number of carbonyl (C=O) groups excluding carboxylic acids is 1. The Balaban J connectivity index is 2.03. The van der Waals surface area contributed by atoms with E-state index in [0.717, 1.165) is 16.6 Å². The zero-order valence-corrected chi connectivity index (χ0v) is 11.7. The van der Waals surface area contributed by atoms with Crippen molar-refractivity contribution < 1.29 is 4.79 Å². The number of H-pyrrole nitrogens is 1. The molecule has 0 aliphatic heterocycles. The Morgan fingerprint density at radius 2 is 1.90 bits per heavy atom. The van der Waals surface area contributed by atoms with Crippen LogP contribution >= 0.6 is 11.6 Å². The molecule has 0 bridgehead atoms. The smallest absolute Gasteiger partial charge is 0.260 e. The first-order chi connectivity index (χ1) is 9.66. The second kappa shape index (κ2) is 5.02. The lowest BCUT2D eigenvalue weighted by atomic mass is 10.1. The van der Waals surface area contributed by atoms with Crippen LogP contribution in [0, 0.1) is 0 Å². The van der Waals surface area contributed by atoms with E-state index in [2.05, 4.69) is 4.98 Å². The van der Waals surface area contributed by atoms with Gasteiger partial charge in [0.25, 0.3) is 5.91 Å². The number of carbonyl (C=O) groups is 1. The average molecular weight is 285 g/mol. The molecular formula is C16H13ClN2O. The number of benzene rings is 2. The predicted octanol–water partition coefficient (Wildman–Crippen LogP) is 4.10. The molecule has 3 aromatic rings. The Hall–Kier alpha value is -2.26. The SMILES string of the molecule is CN(C(=O)c1c[nH]c2ccc(Cl)cc12)c1ccccc1. The minimum absolute atomic E-state index is 0.0651. The Morgan fingerprint density at radius 3 is 2.65 bits per heavy atom. The number of halogens is 1. The Morgan fingerprint density at radius 1 is 1.15 bits per heavy atom. The molecule has 0 atom stereocenters. The van der Waals surface area contributed by atoms with Gasteiger partial charge in [0.2, 0.25) is 0 Å². The normalized spacial score (nSPS) is 10.7. The fourth-order valence-corrected chi connectivity index (χ4v) is 2.39. The summed E-state index contributed by atoms with van der Waals surface area (Å²) in [6.45, 7) is 0. The highest BCUT2D eigenvalue weighted by atomic mass is 35.5. The maximum absolute atomic E-state index is 12.6. The van der Waals surface area contributed by atoms with Gasteiger partial charge in [0.15, 0.2) is 0 Å². The van der Waals surface area contributed by atoms with E-state index in [-0.39, 0.29) is 5.91 Å². The topological polar surface area (TPSA) is 36.1 Å². The van der Waals surface area contributed by atoms with Crippen molar-refractivity contribution in [3.05, 3.63) is 65.3 Å². The van der Waals surface area contributed by atoms with Crippen molar-refractivity contribution in [2.24, 2.45) is 0 Å². The quantitative estimate of drug-likeness (QED) is 0.756. The van der Waals surface area contributed by atoms with Crippen LogP contribution in [0.5, 0.6) is 0 Å². The summed E-state index contributed by atoms with van der Waals surface area (Å²) >= 11 is 6.01. The highest BCUT2D eigenvalue weighted by molar-refractivity contribution is 6.31. The van der Waals surface area contributed by atoms with Gasteiger partial charge in [0, 0.05) is 34.9 Å². The van der Waals surface area contributed by atoms with Crippen molar-refractivity contribution in [1.29, 1.82) is 0 Å². The third-order valence-electron chi connectivity index (χ3n) is 3.32. The molecule has 3 nitrogen and oxygen atoms in total. The number of rotatable bonds is 2. The monoisotopic (exact) mass is 284 g/mol. The first-order valence-corrected chi connectivity index (χ1v) is 6.64. The van der Waals surface area contributed by atoms with Crippen LogP contribution in [0.1, 0.15) is 10.4 Å². The fourth-order valence-electron chi connectivity index (χ4n) is 2.22. The third kappa shape index (κ3) is 2.17. The van der Waals surface area contributed by atoms with Crippen LogP contribution in [-0.2, 0) is 0 Å². The second-order valence-corrected chi connectivity index (χ2v) is 5.03. The number of nitrogens with one attached hydrogen (secondary N) is 1. The molecule has 0 saturated heterocycles. The van der Waals surface area contributed by atoms with Gasteiger partial charge in [0.1, 0.15) is 0 Å². The van der Waals surface area contributed by atoms with Gasteiger partial charge in [-0.3, -0.25) is 4.79 Å². The first kappa shape index (κ1) is 12.8. The molecule has 20 heavy (non-hydrogen) atoms. The molecule has 0 saturated carbocycles. The van der Waals surface area contributed by atoms with E-state index >= 15 is 0 Å². The highest BCUT2D eigenvalue weighted by Crippen LogP contribution is 2.24. The number of hydrogen-bond acceptors (Lipinski definition) is 1. The number of anilines is 1. The van der Waals surface area contributed by atoms with Gasteiger partial charge in [-0.25, -0.2) is 0 Å². The van der Waals surface area contributed by atoms with Gasteiger partial charge < -0.3 is 9.88 Å². The Bertz CT molecular complexity index is 765. The maximum Gasteiger partial charge on any atom is 0.260 e. The van der Waals surface area contributed by atoms with E-state index in [1.54, 1.807) is 30.3 Å². The summed E-state index contributed by atoms with van der Waals surface area (Å²) in [6, 6.07) is 15.0. The van der Waals surface area contributed by atoms with Crippen molar-refractivity contribution in [2.45, 2.75) is 0 Å². The Labute approximate surface area is 121 Å². The van der Waals surface area contributed by atoms with E-state index in [4.69, 9.17) is 11.6 Å².